The molecule has 4 aromatic rings. The molecule has 0 saturated carbocycles. The molecule has 1 aliphatic rings. The van der Waals surface area contributed by atoms with Gasteiger partial charge in [0, 0.05) is 0 Å². The third-order valence-electron chi connectivity index (χ3n) is 5.40. The lowest BCUT2D eigenvalue weighted by atomic mass is 10.0. The Labute approximate surface area is 185 Å². The largest absolute Gasteiger partial charge is 0.293 e. The SMILES string of the molecule is O=C1S/C(=C/c2ccc(-c3ccccc3)cc2)C(=O)N1Cc1cccc2ccccc12. The number of rotatable bonds is 4. The van der Waals surface area contributed by atoms with Crippen molar-refractivity contribution in [1.29, 1.82) is 0 Å². The van der Waals surface area contributed by atoms with Crippen LogP contribution in [0, 0.1) is 0 Å². The molecule has 0 atom stereocenters. The number of hydrogen-bond acceptors (Lipinski definition) is 3. The van der Waals surface area contributed by atoms with Gasteiger partial charge in [-0.2, -0.15) is 0 Å². The molecule has 0 bridgehead atoms. The summed E-state index contributed by atoms with van der Waals surface area (Å²) in [6, 6.07) is 32.1. The van der Waals surface area contributed by atoms with Crippen LogP contribution in [0.3, 0.4) is 0 Å². The van der Waals surface area contributed by atoms with E-state index in [-0.39, 0.29) is 17.7 Å². The summed E-state index contributed by atoms with van der Waals surface area (Å²) in [6.45, 7) is 0.274. The normalized spacial score (nSPS) is 15.2. The van der Waals surface area contributed by atoms with Crippen molar-refractivity contribution in [3.05, 3.63) is 113 Å². The monoisotopic (exact) mass is 421 g/mol. The van der Waals surface area contributed by atoms with Crippen LogP contribution in [0.2, 0.25) is 0 Å². The Balaban J connectivity index is 1.38. The maximum absolute atomic E-state index is 13.0. The Kier molecular flexibility index (Phi) is 5.14. The molecule has 0 unspecified atom stereocenters. The third-order valence-corrected chi connectivity index (χ3v) is 6.30. The predicted molar refractivity (Wildman–Crippen MR) is 127 cm³/mol. The van der Waals surface area contributed by atoms with E-state index < -0.39 is 0 Å². The number of nitrogens with zero attached hydrogens (tertiary/aromatic N) is 1. The van der Waals surface area contributed by atoms with E-state index in [1.807, 2.05) is 84.9 Å². The zero-order chi connectivity index (χ0) is 21.2. The van der Waals surface area contributed by atoms with Crippen LogP contribution in [0.25, 0.3) is 28.0 Å². The van der Waals surface area contributed by atoms with Gasteiger partial charge in [0.05, 0.1) is 11.4 Å². The van der Waals surface area contributed by atoms with Crippen LogP contribution < -0.4 is 0 Å². The van der Waals surface area contributed by atoms with Gasteiger partial charge < -0.3 is 0 Å². The van der Waals surface area contributed by atoms with Gasteiger partial charge in [0.25, 0.3) is 11.1 Å². The number of thioether (sulfide) groups is 1. The predicted octanol–water partition coefficient (Wildman–Crippen LogP) is 6.74. The van der Waals surface area contributed by atoms with Gasteiger partial charge in [0.15, 0.2) is 0 Å². The van der Waals surface area contributed by atoms with Crippen molar-refractivity contribution < 1.29 is 9.59 Å². The second-order valence-corrected chi connectivity index (χ2v) is 8.39. The average Bonchev–Trinajstić information content (AvgIpc) is 3.08. The molecule has 0 aliphatic carbocycles. The Morgan fingerprint density at radius 2 is 1.39 bits per heavy atom. The highest BCUT2D eigenvalue weighted by molar-refractivity contribution is 8.18. The van der Waals surface area contributed by atoms with Gasteiger partial charge in [-0.05, 0) is 50.9 Å². The van der Waals surface area contributed by atoms with Crippen LogP contribution in [0.15, 0.2) is 102 Å². The Bertz CT molecular complexity index is 1300. The molecule has 1 aliphatic heterocycles. The zero-order valence-corrected chi connectivity index (χ0v) is 17.5. The molecule has 1 fully saturated rings. The second-order valence-electron chi connectivity index (χ2n) is 7.39. The fraction of sp³-hybridized carbons (Fsp3) is 0.0370. The molecular formula is C27H19NO2S. The van der Waals surface area contributed by atoms with E-state index in [9.17, 15) is 9.59 Å². The summed E-state index contributed by atoms with van der Waals surface area (Å²) >= 11 is 1.00. The summed E-state index contributed by atoms with van der Waals surface area (Å²) in [5, 5.41) is 1.93. The van der Waals surface area contributed by atoms with E-state index >= 15 is 0 Å². The Hall–Kier alpha value is -3.63. The first kappa shape index (κ1) is 19.3. The molecule has 3 nitrogen and oxygen atoms in total. The lowest BCUT2D eigenvalue weighted by Gasteiger charge is -2.14. The first-order valence-corrected chi connectivity index (χ1v) is 10.9. The van der Waals surface area contributed by atoms with Crippen LogP contribution in [0.1, 0.15) is 11.1 Å². The third kappa shape index (κ3) is 3.90. The maximum atomic E-state index is 13.0. The molecule has 0 N–H and O–H groups in total. The molecule has 4 aromatic carbocycles. The second kappa shape index (κ2) is 8.25. The van der Waals surface area contributed by atoms with Gasteiger partial charge in [-0.3, -0.25) is 14.5 Å². The summed E-state index contributed by atoms with van der Waals surface area (Å²) < 4.78 is 0. The van der Waals surface area contributed by atoms with E-state index in [0.29, 0.717) is 4.91 Å². The van der Waals surface area contributed by atoms with Gasteiger partial charge >= 0.3 is 0 Å². The number of carbonyl (C=O) groups excluding carboxylic acids is 2. The van der Waals surface area contributed by atoms with Gasteiger partial charge in [-0.15, -0.1) is 0 Å². The number of hydrogen-bond donors (Lipinski definition) is 0. The number of fused-ring (bicyclic) bond motifs is 1. The quantitative estimate of drug-likeness (QED) is 0.342. The molecule has 5 rings (SSSR count). The first-order chi connectivity index (χ1) is 15.2. The molecule has 31 heavy (non-hydrogen) atoms. The van der Waals surface area contributed by atoms with E-state index in [2.05, 4.69) is 12.1 Å². The van der Waals surface area contributed by atoms with E-state index in [4.69, 9.17) is 0 Å². The summed E-state index contributed by atoms with van der Waals surface area (Å²) in [5.74, 6) is -0.241. The van der Waals surface area contributed by atoms with E-state index in [0.717, 1.165) is 44.8 Å². The van der Waals surface area contributed by atoms with Crippen LogP contribution in [0.5, 0.6) is 0 Å². The molecular weight excluding hydrogens is 402 g/mol. The van der Waals surface area contributed by atoms with Crippen molar-refractivity contribution >= 4 is 39.8 Å². The molecule has 4 heteroatoms. The molecule has 0 spiro atoms. The van der Waals surface area contributed by atoms with Crippen molar-refractivity contribution in [1.82, 2.24) is 4.90 Å². The zero-order valence-electron chi connectivity index (χ0n) is 16.7. The minimum atomic E-state index is -0.241. The summed E-state index contributed by atoms with van der Waals surface area (Å²) in [6.07, 6.45) is 1.79. The van der Waals surface area contributed by atoms with Crippen LogP contribution in [-0.4, -0.2) is 16.0 Å². The van der Waals surface area contributed by atoms with Gasteiger partial charge in [0.1, 0.15) is 0 Å². The van der Waals surface area contributed by atoms with Crippen molar-refractivity contribution in [3.63, 3.8) is 0 Å². The highest BCUT2D eigenvalue weighted by Gasteiger charge is 2.35. The van der Waals surface area contributed by atoms with Crippen molar-refractivity contribution in [2.24, 2.45) is 0 Å². The topological polar surface area (TPSA) is 37.4 Å². The molecule has 150 valence electrons. The van der Waals surface area contributed by atoms with Gasteiger partial charge in [-0.1, -0.05) is 97.1 Å². The number of imide groups is 1. The Morgan fingerprint density at radius 3 is 2.19 bits per heavy atom. The highest BCUT2D eigenvalue weighted by Crippen LogP contribution is 2.34. The lowest BCUT2D eigenvalue weighted by molar-refractivity contribution is -0.123. The highest BCUT2D eigenvalue weighted by atomic mass is 32.2. The smallest absolute Gasteiger partial charge is 0.268 e. The standard InChI is InChI=1S/C27H19NO2S/c29-26-25(17-19-13-15-21(16-14-19)20-7-2-1-3-8-20)31-27(30)28(26)18-23-11-6-10-22-9-4-5-12-24(22)23/h1-17H,18H2/b25-17+. The number of benzene rings is 4. The molecule has 0 aromatic heterocycles. The van der Waals surface area contributed by atoms with Crippen molar-refractivity contribution in [2.45, 2.75) is 6.54 Å². The lowest BCUT2D eigenvalue weighted by Crippen LogP contribution is -2.27. The van der Waals surface area contributed by atoms with Gasteiger partial charge in [0.2, 0.25) is 0 Å². The number of carbonyl (C=O) groups is 2. The number of amides is 2. The van der Waals surface area contributed by atoms with Crippen LogP contribution >= 0.6 is 11.8 Å². The maximum Gasteiger partial charge on any atom is 0.293 e. The summed E-state index contributed by atoms with van der Waals surface area (Å²) in [4.78, 5) is 27.3. The van der Waals surface area contributed by atoms with Crippen LogP contribution in [-0.2, 0) is 11.3 Å². The minimum absolute atomic E-state index is 0.231. The molecule has 0 radical (unpaired) electrons. The molecule has 2 amide bonds. The first-order valence-electron chi connectivity index (χ1n) is 10.1. The van der Waals surface area contributed by atoms with Crippen LogP contribution in [0.4, 0.5) is 4.79 Å². The van der Waals surface area contributed by atoms with E-state index in [1.54, 1.807) is 6.08 Å². The van der Waals surface area contributed by atoms with E-state index in [1.165, 1.54) is 4.90 Å². The minimum Gasteiger partial charge on any atom is -0.268 e. The fourth-order valence-corrected chi connectivity index (χ4v) is 4.63. The summed E-state index contributed by atoms with van der Waals surface area (Å²) in [5.41, 5.74) is 4.12. The van der Waals surface area contributed by atoms with Crippen molar-refractivity contribution in [2.75, 3.05) is 0 Å². The Morgan fingerprint density at radius 1 is 0.710 bits per heavy atom. The molecule has 1 saturated heterocycles. The average molecular weight is 422 g/mol. The fourth-order valence-electron chi connectivity index (χ4n) is 3.79. The summed E-state index contributed by atoms with van der Waals surface area (Å²) in [7, 11) is 0. The van der Waals surface area contributed by atoms with Gasteiger partial charge in [-0.25, -0.2) is 0 Å². The van der Waals surface area contributed by atoms with Crippen molar-refractivity contribution in [3.8, 4) is 11.1 Å². The molecule has 1 heterocycles.